The number of carbonyl (C=O) groups is 2. The third kappa shape index (κ3) is 8.27. The second-order valence-corrected chi connectivity index (χ2v) is 13.4. The van der Waals surface area contributed by atoms with Crippen molar-refractivity contribution in [3.05, 3.63) is 64.2 Å². The molecule has 0 atom stereocenters. The number of hydrogen-bond acceptors (Lipinski definition) is 7. The highest BCUT2D eigenvalue weighted by Gasteiger charge is 2.33. The second-order valence-electron chi connectivity index (χ2n) is 11.8. The van der Waals surface area contributed by atoms with Gasteiger partial charge < -0.3 is 14.5 Å². The maximum atomic E-state index is 14.3. The van der Waals surface area contributed by atoms with E-state index in [1.807, 2.05) is 39.8 Å². The van der Waals surface area contributed by atoms with E-state index in [0.29, 0.717) is 22.3 Å². The van der Waals surface area contributed by atoms with Crippen molar-refractivity contribution < 1.29 is 28.0 Å². The minimum atomic E-state index is -4.27. The molecular formula is C31H46N6O6S. The zero-order valence-corrected chi connectivity index (χ0v) is 27.5. The van der Waals surface area contributed by atoms with Crippen LogP contribution in [0, 0.1) is 5.41 Å². The van der Waals surface area contributed by atoms with Gasteiger partial charge in [-0.1, -0.05) is 71.9 Å². The van der Waals surface area contributed by atoms with Gasteiger partial charge >= 0.3 is 12.1 Å². The zero-order valence-electron chi connectivity index (χ0n) is 26.7. The van der Waals surface area contributed by atoms with Crippen LogP contribution in [0.25, 0.3) is 0 Å². The largest absolute Gasteiger partial charge is 0.450 e. The van der Waals surface area contributed by atoms with Crippen molar-refractivity contribution in [2.24, 2.45) is 0 Å². The number of rotatable bonds is 10. The van der Waals surface area contributed by atoms with Crippen LogP contribution >= 0.6 is 0 Å². The molecule has 2 aromatic carbocycles. The lowest BCUT2D eigenvalue weighted by Gasteiger charge is -2.37. The number of sulfonamides is 1. The molecule has 44 heavy (non-hydrogen) atoms. The summed E-state index contributed by atoms with van der Waals surface area (Å²) in [5.74, 6) is -0.257. The Kier molecular flexibility index (Phi) is 11.8. The van der Waals surface area contributed by atoms with Crippen LogP contribution in [0.15, 0.2) is 41.3 Å². The van der Waals surface area contributed by atoms with Gasteiger partial charge in [0.1, 0.15) is 5.84 Å². The number of hydroxylamine groups is 1. The molecule has 4 N–H and O–H groups in total. The molecule has 0 spiro atoms. The Bertz CT molecular complexity index is 1420. The number of nitrogens with zero attached hydrogens (tertiary/aromatic N) is 3. The first kappa shape index (κ1) is 34.8. The van der Waals surface area contributed by atoms with Gasteiger partial charge in [0.05, 0.1) is 18.0 Å². The summed E-state index contributed by atoms with van der Waals surface area (Å²) in [6, 6.07) is 9.87. The second kappa shape index (κ2) is 14.9. The minimum Gasteiger partial charge on any atom is -0.450 e. The zero-order chi connectivity index (χ0) is 32.8. The van der Waals surface area contributed by atoms with Crippen molar-refractivity contribution in [3.8, 4) is 0 Å². The maximum absolute atomic E-state index is 14.3. The van der Waals surface area contributed by atoms with Gasteiger partial charge in [-0.05, 0) is 53.0 Å². The van der Waals surface area contributed by atoms with Gasteiger partial charge in [0.2, 0.25) is 0 Å². The van der Waals surface area contributed by atoms with E-state index in [4.69, 9.17) is 10.1 Å². The molecule has 0 unspecified atom stereocenters. The molecule has 3 rings (SSSR count). The third-order valence-electron chi connectivity index (χ3n) is 7.55. The number of hydrazine groups is 1. The molecule has 0 radical (unpaired) electrons. The number of urea groups is 1. The van der Waals surface area contributed by atoms with Crippen LogP contribution in [0.3, 0.4) is 0 Å². The van der Waals surface area contributed by atoms with Crippen molar-refractivity contribution in [2.45, 2.75) is 77.7 Å². The molecule has 242 valence electrons. The monoisotopic (exact) mass is 630 g/mol. The minimum absolute atomic E-state index is 0.105. The van der Waals surface area contributed by atoms with Crippen LogP contribution in [-0.4, -0.2) is 79.2 Å². The first-order valence-corrected chi connectivity index (χ1v) is 16.4. The fourth-order valence-electron chi connectivity index (χ4n) is 5.07. The van der Waals surface area contributed by atoms with E-state index in [1.54, 1.807) is 36.7 Å². The lowest BCUT2D eigenvalue weighted by molar-refractivity contribution is 0.0761. The fourth-order valence-corrected chi connectivity index (χ4v) is 6.80. The Morgan fingerprint density at radius 2 is 1.52 bits per heavy atom. The topological polar surface area (TPSA) is 155 Å². The van der Waals surface area contributed by atoms with E-state index in [9.17, 15) is 23.2 Å². The van der Waals surface area contributed by atoms with E-state index < -0.39 is 22.1 Å². The van der Waals surface area contributed by atoms with Crippen LogP contribution in [0.1, 0.15) is 94.0 Å². The summed E-state index contributed by atoms with van der Waals surface area (Å²) in [5, 5.41) is 18.2. The molecule has 0 bridgehead atoms. The number of amidine groups is 1. The van der Waals surface area contributed by atoms with Crippen molar-refractivity contribution in [2.75, 3.05) is 32.8 Å². The molecule has 0 aromatic heterocycles. The first-order valence-electron chi connectivity index (χ1n) is 15.0. The summed E-state index contributed by atoms with van der Waals surface area (Å²) in [7, 11) is -4.27. The first-order chi connectivity index (χ1) is 20.7. The molecule has 1 aliphatic heterocycles. The molecule has 1 aliphatic rings. The fraction of sp³-hybridized carbons (Fsp3) is 0.516. The van der Waals surface area contributed by atoms with E-state index in [0.717, 1.165) is 10.6 Å². The lowest BCUT2D eigenvalue weighted by atomic mass is 9.89. The predicted molar refractivity (Wildman–Crippen MR) is 168 cm³/mol. The Balaban J connectivity index is 2.04. The predicted octanol–water partition coefficient (Wildman–Crippen LogP) is 4.95. The normalized spacial score (nSPS) is 13.9. The molecule has 0 aliphatic carbocycles. The molecular weight excluding hydrogens is 584 g/mol. The van der Waals surface area contributed by atoms with Gasteiger partial charge in [-0.15, -0.1) is 4.83 Å². The van der Waals surface area contributed by atoms with Crippen molar-refractivity contribution in [3.63, 3.8) is 0 Å². The van der Waals surface area contributed by atoms with Gasteiger partial charge in [0.25, 0.3) is 10.0 Å². The highest BCUT2D eigenvalue weighted by molar-refractivity contribution is 7.89. The van der Waals surface area contributed by atoms with Gasteiger partial charge in [0.15, 0.2) is 0 Å². The standard InChI is InChI=1S/C31H46N6O6S/c1-8-43-31(39)36-14-12-35(13-15-36)30(38)37(19-23-10-9-11-24(16-23)29(32)33-40)34-44(41,42)28-26(21(4)5)17-25(20(2)3)18-27(28)22(6)7/h9-11,16-18,20-22,34,40H,8,12-15,19H2,1-7H3,(H2,32,33). The van der Waals surface area contributed by atoms with E-state index in [1.165, 1.54) is 9.80 Å². The Labute approximate surface area is 260 Å². The van der Waals surface area contributed by atoms with Crippen LogP contribution in [-0.2, 0) is 21.3 Å². The third-order valence-corrected chi connectivity index (χ3v) is 9.02. The Morgan fingerprint density at radius 1 is 0.955 bits per heavy atom. The summed E-state index contributed by atoms with van der Waals surface area (Å²) < 4.78 is 33.7. The number of hydrogen-bond donors (Lipinski definition) is 4. The molecule has 1 saturated heterocycles. The summed E-state index contributed by atoms with van der Waals surface area (Å²) in [5.41, 5.74) is 5.09. The Morgan fingerprint density at radius 3 is 2.02 bits per heavy atom. The molecule has 1 fully saturated rings. The van der Waals surface area contributed by atoms with Crippen LogP contribution < -0.4 is 10.3 Å². The van der Waals surface area contributed by atoms with Gasteiger partial charge in [-0.3, -0.25) is 16.1 Å². The van der Waals surface area contributed by atoms with Crippen molar-refractivity contribution in [1.82, 2.24) is 25.1 Å². The summed E-state index contributed by atoms with van der Waals surface area (Å²) in [6.45, 7) is 14.6. The molecule has 12 nitrogen and oxygen atoms in total. The van der Waals surface area contributed by atoms with E-state index >= 15 is 0 Å². The molecule has 0 saturated carbocycles. The van der Waals surface area contributed by atoms with Gasteiger partial charge in [-0.25, -0.2) is 23.0 Å². The van der Waals surface area contributed by atoms with Crippen molar-refractivity contribution in [1.29, 1.82) is 5.41 Å². The van der Waals surface area contributed by atoms with Gasteiger partial charge in [0, 0.05) is 31.7 Å². The number of amides is 3. The van der Waals surface area contributed by atoms with Gasteiger partial charge in [-0.2, -0.15) is 0 Å². The van der Waals surface area contributed by atoms with Crippen molar-refractivity contribution >= 4 is 28.0 Å². The number of nitrogens with one attached hydrogen (secondary N) is 3. The molecule has 13 heteroatoms. The SMILES string of the molecule is CCOC(=O)N1CCN(C(=O)N(Cc2cccc(C(=N)NO)c2)NS(=O)(=O)c2c(C(C)C)cc(C(C)C)cc2C(C)C)CC1. The maximum Gasteiger partial charge on any atom is 0.409 e. The lowest BCUT2D eigenvalue weighted by Crippen LogP contribution is -2.57. The van der Waals surface area contributed by atoms with E-state index in [-0.39, 0.29) is 67.8 Å². The molecule has 3 amide bonds. The Hall–Kier alpha value is -3.68. The molecule has 2 aromatic rings. The average molecular weight is 631 g/mol. The summed E-state index contributed by atoms with van der Waals surface area (Å²) >= 11 is 0. The molecule has 1 heterocycles. The average Bonchev–Trinajstić information content (AvgIpc) is 2.99. The number of ether oxygens (including phenoxy) is 1. The summed E-state index contributed by atoms with van der Waals surface area (Å²) in [6.07, 6.45) is -0.457. The highest BCUT2D eigenvalue weighted by atomic mass is 32.2. The van der Waals surface area contributed by atoms with Crippen LogP contribution in [0.4, 0.5) is 9.59 Å². The van der Waals surface area contributed by atoms with Crippen LogP contribution in [0.2, 0.25) is 0 Å². The van der Waals surface area contributed by atoms with Crippen LogP contribution in [0.5, 0.6) is 0 Å². The van der Waals surface area contributed by atoms with E-state index in [2.05, 4.69) is 18.7 Å². The number of piperazine rings is 1. The number of benzene rings is 2. The summed E-state index contributed by atoms with van der Waals surface area (Å²) in [4.78, 5) is 31.9. The number of carbonyl (C=O) groups excluding carboxylic acids is 2. The quantitative estimate of drug-likeness (QED) is 0.164. The highest BCUT2D eigenvalue weighted by Crippen LogP contribution is 2.35. The smallest absolute Gasteiger partial charge is 0.409 e.